The number of para-hydroxylation sites is 1. The highest BCUT2D eigenvalue weighted by molar-refractivity contribution is 7.90. The summed E-state index contributed by atoms with van der Waals surface area (Å²) in [5.41, 5.74) is 1.39. The summed E-state index contributed by atoms with van der Waals surface area (Å²) in [4.78, 5) is 21.7. The van der Waals surface area contributed by atoms with Crippen molar-refractivity contribution < 1.29 is 27.4 Å². The summed E-state index contributed by atoms with van der Waals surface area (Å²) in [7, 11) is -1.11. The van der Waals surface area contributed by atoms with Gasteiger partial charge in [0.2, 0.25) is 21.7 Å². The number of sulfonamides is 1. The number of carbonyl (C=O) groups excluding carboxylic acids is 1. The van der Waals surface area contributed by atoms with Gasteiger partial charge in [0.25, 0.3) is 0 Å². The number of nitrogens with zero attached hydrogens (tertiary/aromatic N) is 5. The van der Waals surface area contributed by atoms with Crippen molar-refractivity contribution >= 4 is 15.9 Å². The Morgan fingerprint density at radius 3 is 2.32 bits per heavy atom. The average Bonchev–Trinajstić information content (AvgIpc) is 3.37. The van der Waals surface area contributed by atoms with Crippen molar-refractivity contribution in [3.63, 3.8) is 0 Å². The van der Waals surface area contributed by atoms with Gasteiger partial charge in [-0.05, 0) is 49.2 Å². The molecule has 0 radical (unpaired) electrons. The molecule has 3 heterocycles. The molecule has 0 bridgehead atoms. The maximum absolute atomic E-state index is 13.3. The first-order chi connectivity index (χ1) is 18.4. The van der Waals surface area contributed by atoms with Gasteiger partial charge >= 0.3 is 5.91 Å². The standard InChI is InChI=1S/C25H26N6O6S/c1-4-37-21-10-5-7-18(27-21)23-28-29-24(31(23)22-19(35-2)8-6-9-20(22)36-3)25(32)30-38(33,34)16-13-17-11-14-26-15-12-17/h5-12,14-15H,4,13,16H2,1-3H3,(H,30,32). The molecule has 0 aliphatic carbocycles. The van der Waals surface area contributed by atoms with Crippen LogP contribution in [0.2, 0.25) is 0 Å². The summed E-state index contributed by atoms with van der Waals surface area (Å²) in [6.07, 6.45) is 3.33. The zero-order valence-electron chi connectivity index (χ0n) is 21.0. The molecule has 0 atom stereocenters. The molecule has 1 aromatic carbocycles. The van der Waals surface area contributed by atoms with E-state index in [0.29, 0.717) is 35.4 Å². The molecule has 4 aromatic rings. The van der Waals surface area contributed by atoms with Crippen LogP contribution in [0.1, 0.15) is 23.1 Å². The summed E-state index contributed by atoms with van der Waals surface area (Å²) in [6, 6.07) is 13.5. The van der Waals surface area contributed by atoms with Crippen LogP contribution in [0.3, 0.4) is 0 Å². The molecule has 0 saturated heterocycles. The highest BCUT2D eigenvalue weighted by Gasteiger charge is 2.29. The second kappa shape index (κ2) is 11.7. The zero-order valence-corrected chi connectivity index (χ0v) is 21.8. The van der Waals surface area contributed by atoms with E-state index < -0.39 is 15.9 Å². The predicted molar refractivity (Wildman–Crippen MR) is 138 cm³/mol. The Bertz CT molecular complexity index is 1500. The van der Waals surface area contributed by atoms with Gasteiger partial charge in [-0.2, -0.15) is 0 Å². The van der Waals surface area contributed by atoms with E-state index in [2.05, 4.69) is 24.9 Å². The van der Waals surface area contributed by atoms with Crippen molar-refractivity contribution in [2.75, 3.05) is 26.6 Å². The van der Waals surface area contributed by atoms with E-state index in [9.17, 15) is 13.2 Å². The molecule has 198 valence electrons. The number of aryl methyl sites for hydroxylation is 1. The Morgan fingerprint density at radius 1 is 0.974 bits per heavy atom. The number of pyridine rings is 2. The summed E-state index contributed by atoms with van der Waals surface area (Å²) >= 11 is 0. The van der Waals surface area contributed by atoms with Crippen LogP contribution < -0.4 is 18.9 Å². The van der Waals surface area contributed by atoms with Crippen LogP contribution >= 0.6 is 0 Å². The average molecular weight is 539 g/mol. The van der Waals surface area contributed by atoms with Gasteiger partial charge in [0, 0.05) is 18.5 Å². The lowest BCUT2D eigenvalue weighted by Crippen LogP contribution is -2.35. The molecule has 4 rings (SSSR count). The van der Waals surface area contributed by atoms with E-state index in [-0.39, 0.29) is 23.8 Å². The highest BCUT2D eigenvalue weighted by Crippen LogP contribution is 2.36. The van der Waals surface area contributed by atoms with Crippen molar-refractivity contribution in [1.82, 2.24) is 29.5 Å². The molecule has 12 nitrogen and oxygen atoms in total. The SMILES string of the molecule is CCOc1cccc(-c2nnc(C(=O)NS(=O)(=O)CCc3ccncc3)n2-c2c(OC)cccc2OC)n1. The number of carbonyl (C=O) groups is 1. The molecular weight excluding hydrogens is 512 g/mol. The number of ether oxygens (including phenoxy) is 3. The van der Waals surface area contributed by atoms with E-state index in [1.54, 1.807) is 60.9 Å². The molecule has 1 amide bonds. The number of rotatable bonds is 11. The number of nitrogens with one attached hydrogen (secondary N) is 1. The monoisotopic (exact) mass is 538 g/mol. The largest absolute Gasteiger partial charge is 0.494 e. The molecule has 0 spiro atoms. The maximum Gasteiger partial charge on any atom is 0.303 e. The lowest BCUT2D eigenvalue weighted by atomic mass is 10.2. The topological polar surface area (TPSA) is 147 Å². The molecule has 0 aliphatic rings. The summed E-state index contributed by atoms with van der Waals surface area (Å²) in [6.45, 7) is 2.22. The Morgan fingerprint density at radius 2 is 1.66 bits per heavy atom. The molecule has 0 aliphatic heterocycles. The third kappa shape index (κ3) is 5.89. The lowest BCUT2D eigenvalue weighted by Gasteiger charge is -2.17. The molecule has 0 unspecified atom stereocenters. The summed E-state index contributed by atoms with van der Waals surface area (Å²) < 4.78 is 45.6. The number of amides is 1. The first kappa shape index (κ1) is 26.5. The second-order valence-corrected chi connectivity index (χ2v) is 9.69. The van der Waals surface area contributed by atoms with Crippen LogP contribution in [-0.2, 0) is 16.4 Å². The van der Waals surface area contributed by atoms with Crippen molar-refractivity contribution in [2.45, 2.75) is 13.3 Å². The van der Waals surface area contributed by atoms with Crippen molar-refractivity contribution in [3.8, 4) is 34.6 Å². The Balaban J connectivity index is 1.78. The molecule has 3 aromatic heterocycles. The number of methoxy groups -OCH3 is 2. The van der Waals surface area contributed by atoms with Gasteiger partial charge < -0.3 is 14.2 Å². The van der Waals surface area contributed by atoms with Crippen LogP contribution in [0.5, 0.6) is 17.4 Å². The summed E-state index contributed by atoms with van der Waals surface area (Å²) in [5, 5.41) is 8.21. The fourth-order valence-electron chi connectivity index (χ4n) is 3.67. The molecule has 0 saturated carbocycles. The highest BCUT2D eigenvalue weighted by atomic mass is 32.2. The number of hydrogen-bond acceptors (Lipinski definition) is 10. The van der Waals surface area contributed by atoms with Gasteiger partial charge in [0.05, 0.1) is 26.6 Å². The molecule has 13 heteroatoms. The first-order valence-corrected chi connectivity index (χ1v) is 13.2. The minimum atomic E-state index is -4.03. The van der Waals surface area contributed by atoms with E-state index in [1.807, 2.05) is 6.92 Å². The van der Waals surface area contributed by atoms with Gasteiger partial charge in [0.1, 0.15) is 22.9 Å². The quantitative estimate of drug-likeness (QED) is 0.302. The van der Waals surface area contributed by atoms with Gasteiger partial charge in [-0.15, -0.1) is 10.2 Å². The normalized spacial score (nSPS) is 11.1. The second-order valence-electron chi connectivity index (χ2n) is 7.84. The third-order valence-electron chi connectivity index (χ3n) is 5.39. The van der Waals surface area contributed by atoms with Crippen LogP contribution in [0, 0.1) is 0 Å². The maximum atomic E-state index is 13.3. The fraction of sp³-hybridized carbons (Fsp3) is 0.240. The Kier molecular flexibility index (Phi) is 8.16. The van der Waals surface area contributed by atoms with Crippen molar-refractivity contribution in [1.29, 1.82) is 0 Å². The van der Waals surface area contributed by atoms with E-state index >= 15 is 0 Å². The molecule has 38 heavy (non-hydrogen) atoms. The number of hydrogen-bond donors (Lipinski definition) is 1. The predicted octanol–water partition coefficient (Wildman–Crippen LogP) is 2.44. The van der Waals surface area contributed by atoms with Crippen molar-refractivity contribution in [3.05, 3.63) is 72.3 Å². The van der Waals surface area contributed by atoms with Crippen molar-refractivity contribution in [2.24, 2.45) is 0 Å². The van der Waals surface area contributed by atoms with Crippen LogP contribution in [-0.4, -0.2) is 65.6 Å². The van der Waals surface area contributed by atoms with Gasteiger partial charge in [0.15, 0.2) is 5.82 Å². The lowest BCUT2D eigenvalue weighted by molar-refractivity contribution is 0.0969. The van der Waals surface area contributed by atoms with Gasteiger partial charge in [-0.3, -0.25) is 14.3 Å². The van der Waals surface area contributed by atoms with E-state index in [4.69, 9.17) is 14.2 Å². The number of aromatic nitrogens is 5. The van der Waals surface area contributed by atoms with Crippen LogP contribution in [0.15, 0.2) is 60.9 Å². The fourth-order valence-corrected chi connectivity index (χ4v) is 4.65. The van der Waals surface area contributed by atoms with Crippen LogP contribution in [0.4, 0.5) is 0 Å². The number of benzene rings is 1. The molecular formula is C25H26N6O6S. The Labute approximate surface area is 219 Å². The van der Waals surface area contributed by atoms with Gasteiger partial charge in [-0.1, -0.05) is 12.1 Å². The smallest absolute Gasteiger partial charge is 0.303 e. The summed E-state index contributed by atoms with van der Waals surface area (Å²) in [5.74, 6) is -0.446. The molecule has 1 N–H and O–H groups in total. The zero-order chi connectivity index (χ0) is 27.1. The minimum Gasteiger partial charge on any atom is -0.494 e. The van der Waals surface area contributed by atoms with Crippen LogP contribution in [0.25, 0.3) is 17.2 Å². The third-order valence-corrected chi connectivity index (χ3v) is 6.63. The van der Waals surface area contributed by atoms with E-state index in [1.165, 1.54) is 18.8 Å². The molecule has 0 fully saturated rings. The van der Waals surface area contributed by atoms with Gasteiger partial charge in [-0.25, -0.2) is 18.1 Å². The first-order valence-electron chi connectivity index (χ1n) is 11.6. The Hall–Kier alpha value is -4.52. The minimum absolute atomic E-state index is 0.147. The van der Waals surface area contributed by atoms with E-state index in [0.717, 1.165) is 5.56 Å².